The van der Waals surface area contributed by atoms with Gasteiger partial charge in [0, 0.05) is 21.7 Å². The van der Waals surface area contributed by atoms with Crippen molar-refractivity contribution in [1.29, 1.82) is 0 Å². The van der Waals surface area contributed by atoms with Crippen molar-refractivity contribution in [1.82, 2.24) is 0 Å². The van der Waals surface area contributed by atoms with Gasteiger partial charge in [-0.3, -0.25) is 19.2 Å². The summed E-state index contributed by atoms with van der Waals surface area (Å²) in [5.41, 5.74) is -6.24. The zero-order valence-corrected chi connectivity index (χ0v) is 14.4. The summed E-state index contributed by atoms with van der Waals surface area (Å²) in [6.45, 7) is 0. The molecule has 17 heteroatoms. The van der Waals surface area contributed by atoms with Crippen LogP contribution in [0.25, 0.3) is 0 Å². The van der Waals surface area contributed by atoms with Crippen LogP contribution in [-0.2, 0) is 55.2 Å². The molecule has 0 radical (unpaired) electrons. The first-order chi connectivity index (χ1) is 11.2. The van der Waals surface area contributed by atoms with Gasteiger partial charge in [-0.25, -0.2) is 9.59 Å². The number of carboxylic acid groups (broad SMARTS) is 5. The molecule has 0 saturated carbocycles. The fraction of sp³-hybridized carbons (Fsp3) is 0.500. The summed E-state index contributed by atoms with van der Waals surface area (Å²) in [6, 6.07) is 0. The number of carbonyl (C=O) groups excluding carboxylic acids is 1. The van der Waals surface area contributed by atoms with E-state index in [-0.39, 0.29) is 176 Å². The quantitative estimate of drug-likeness (QED) is 0.110. The Morgan fingerprint density at radius 1 is 0.621 bits per heavy atom. The minimum atomic E-state index is -3.17. The predicted octanol–water partition coefficient (Wildman–Crippen LogP) is -3.97. The van der Waals surface area contributed by atoms with Gasteiger partial charge in [-0.15, -0.1) is 0 Å². The maximum absolute atomic E-state index is 11.7. The average molecular weight is 534 g/mol. The molecule has 6 N–H and O–H groups in total. The van der Waals surface area contributed by atoms with Crippen molar-refractivity contribution in [2.75, 3.05) is 0 Å². The monoisotopic (exact) mass is 534 g/mol. The smallest absolute Gasteiger partial charge is 0 e. The zero-order chi connectivity index (χ0) is 20.0. The molecule has 0 aliphatic carbocycles. The van der Waals surface area contributed by atoms with Gasteiger partial charge in [-0.1, -0.05) is 0 Å². The Kier molecular flexibility index (Phi) is 27.0. The van der Waals surface area contributed by atoms with Crippen LogP contribution in [0.3, 0.4) is 0 Å². The third kappa shape index (κ3) is 15.8. The van der Waals surface area contributed by atoms with Crippen LogP contribution in [0.4, 0.5) is 0 Å². The second kappa shape index (κ2) is 18.8. The van der Waals surface area contributed by atoms with E-state index in [9.17, 15) is 33.9 Å². The summed E-state index contributed by atoms with van der Waals surface area (Å²) >= 11 is 0. The summed E-state index contributed by atoms with van der Waals surface area (Å²) in [5, 5.41) is 53.5. The number of esters is 1. The molecular formula is C12H17K3O13Ti. The van der Waals surface area contributed by atoms with Crippen LogP contribution < -0.4 is 0 Å². The third-order valence-corrected chi connectivity index (χ3v) is 2.85. The Morgan fingerprint density at radius 3 is 1.21 bits per heavy atom. The van der Waals surface area contributed by atoms with Crippen molar-refractivity contribution in [3.05, 3.63) is 0 Å². The first kappa shape index (κ1) is 41.6. The van der Waals surface area contributed by atoms with Gasteiger partial charge < -0.3 is 35.4 Å². The maximum atomic E-state index is 11.7. The Balaban J connectivity index is -0.000000480. The molecule has 0 aromatic carbocycles. The number of aliphatic carboxylic acids is 5. The second-order valence-corrected chi connectivity index (χ2v) is 5.00. The summed E-state index contributed by atoms with van der Waals surface area (Å²) in [4.78, 5) is 66.0. The Hall–Kier alpha value is 2.40. The van der Waals surface area contributed by atoms with Gasteiger partial charge in [0.25, 0.3) is 0 Å². The molecule has 0 spiro atoms. The normalized spacial score (nSPS) is 11.5. The third-order valence-electron chi connectivity index (χ3n) is 2.85. The van der Waals surface area contributed by atoms with E-state index in [1.54, 1.807) is 0 Å². The average Bonchev–Trinajstić information content (AvgIpc) is 2.34. The maximum Gasteiger partial charge on any atom is 0 e. The SMILES string of the molecule is O=C(O)CC(O)(CC(=O)OC(CC(=O)O)(CC(=O)O)C(=O)O)C(=O)O.[KH].[KH].[KH].[Ti]. The van der Waals surface area contributed by atoms with Gasteiger partial charge in [-0.05, 0) is 0 Å². The number of carbonyl (C=O) groups is 6. The molecular weight excluding hydrogens is 517 g/mol. The molecule has 0 rings (SSSR count). The molecule has 29 heavy (non-hydrogen) atoms. The molecule has 1 atom stereocenters. The van der Waals surface area contributed by atoms with Gasteiger partial charge >= 0.3 is 190 Å². The molecule has 0 amide bonds. The zero-order valence-electron chi connectivity index (χ0n) is 12.9. The van der Waals surface area contributed by atoms with E-state index >= 15 is 0 Å². The van der Waals surface area contributed by atoms with E-state index in [0.29, 0.717) is 0 Å². The molecule has 0 saturated heterocycles. The molecule has 0 heterocycles. The van der Waals surface area contributed by atoms with Crippen molar-refractivity contribution in [3.8, 4) is 0 Å². The second-order valence-electron chi connectivity index (χ2n) is 5.00. The van der Waals surface area contributed by atoms with Crippen LogP contribution in [0.15, 0.2) is 0 Å². The number of aliphatic hydroxyl groups is 1. The first-order valence-corrected chi connectivity index (χ1v) is 6.30. The van der Waals surface area contributed by atoms with Crippen molar-refractivity contribution in [2.45, 2.75) is 36.9 Å². The standard InChI is InChI=1S/C12H14O13.3K.Ti.3H/c13-5(14)1-11(24,9(20)21)4-8(19)25-12(10(22)23,2-6(15)16)3-7(17)18;;;;;;;/h24H,1-4H2,(H,13,14)(H,15,16)(H,17,18)(H,20,21)(H,22,23);;;;;;;. The number of ether oxygens (including phenoxy) is 1. The predicted molar refractivity (Wildman–Crippen MR) is 91.9 cm³/mol. The summed E-state index contributed by atoms with van der Waals surface area (Å²) in [6.07, 6.45) is -5.94. The molecule has 0 fully saturated rings. The minimum Gasteiger partial charge on any atom is 0 e. The van der Waals surface area contributed by atoms with Crippen molar-refractivity contribution in [2.24, 2.45) is 0 Å². The molecule has 0 aliphatic heterocycles. The number of hydrogen-bond acceptors (Lipinski definition) is 8. The molecule has 1 unspecified atom stereocenters. The van der Waals surface area contributed by atoms with E-state index in [1.165, 1.54) is 0 Å². The molecule has 0 aromatic rings. The Bertz CT molecular complexity index is 610. The van der Waals surface area contributed by atoms with Crippen LogP contribution in [-0.4, -0.2) is 232 Å². The number of carboxylic acids is 5. The first-order valence-electron chi connectivity index (χ1n) is 6.30. The number of hydrogen-bond donors (Lipinski definition) is 6. The van der Waals surface area contributed by atoms with Gasteiger partial charge in [0.05, 0.1) is 25.7 Å². The van der Waals surface area contributed by atoms with Crippen LogP contribution in [0, 0.1) is 0 Å². The van der Waals surface area contributed by atoms with E-state index in [4.69, 9.17) is 25.5 Å². The Labute approximate surface area is 305 Å². The van der Waals surface area contributed by atoms with E-state index in [0.717, 1.165) is 0 Å². The van der Waals surface area contributed by atoms with Gasteiger partial charge in [-0.2, -0.15) is 0 Å². The summed E-state index contributed by atoms with van der Waals surface area (Å²) < 4.78 is 4.33. The van der Waals surface area contributed by atoms with Crippen LogP contribution in [0.5, 0.6) is 0 Å². The van der Waals surface area contributed by atoms with Gasteiger partial charge in [0.15, 0.2) is 5.60 Å². The van der Waals surface area contributed by atoms with Crippen LogP contribution in [0.2, 0.25) is 0 Å². The molecule has 0 bridgehead atoms. The fourth-order valence-electron chi connectivity index (χ4n) is 1.77. The van der Waals surface area contributed by atoms with Crippen molar-refractivity contribution >= 4 is 190 Å². The largest absolute Gasteiger partial charge is 0 e. The minimum absolute atomic E-state index is 0. The molecule has 0 aromatic heterocycles. The van der Waals surface area contributed by atoms with Gasteiger partial charge in [0.1, 0.15) is 0 Å². The molecule has 150 valence electrons. The van der Waals surface area contributed by atoms with Crippen LogP contribution >= 0.6 is 0 Å². The Morgan fingerprint density at radius 2 is 0.966 bits per heavy atom. The van der Waals surface area contributed by atoms with E-state index < -0.39 is 72.7 Å². The van der Waals surface area contributed by atoms with Crippen LogP contribution in [0.1, 0.15) is 25.7 Å². The van der Waals surface area contributed by atoms with Crippen molar-refractivity contribution in [3.63, 3.8) is 0 Å². The topological polar surface area (TPSA) is 233 Å². The van der Waals surface area contributed by atoms with Crippen molar-refractivity contribution < 1.29 is 85.9 Å². The fourth-order valence-corrected chi connectivity index (χ4v) is 1.77. The summed E-state index contributed by atoms with van der Waals surface area (Å²) in [5.74, 6) is -11.6. The van der Waals surface area contributed by atoms with E-state index in [2.05, 4.69) is 4.74 Å². The molecule has 0 aliphatic rings. The van der Waals surface area contributed by atoms with Gasteiger partial charge in [0.2, 0.25) is 5.60 Å². The number of rotatable bonds is 11. The summed E-state index contributed by atoms with van der Waals surface area (Å²) in [7, 11) is 0. The van der Waals surface area contributed by atoms with E-state index in [1.807, 2.05) is 0 Å². The molecule has 13 nitrogen and oxygen atoms in total.